The van der Waals surface area contributed by atoms with Crippen LogP contribution in [0.1, 0.15) is 19.4 Å². The first kappa shape index (κ1) is 13.9. The van der Waals surface area contributed by atoms with E-state index in [1.165, 1.54) is 6.33 Å². The molecule has 0 bridgehead atoms. The average Bonchev–Trinajstić information content (AvgIpc) is 2.88. The molecule has 1 aromatic heterocycles. The van der Waals surface area contributed by atoms with Crippen molar-refractivity contribution in [3.05, 3.63) is 46.5 Å². The SMILES string of the molecule is CC1(C)COC1(Cn1cncn1)c1ccc(Cl)cc1Cl. The second kappa shape index (κ2) is 4.72. The molecule has 20 heavy (non-hydrogen) atoms. The first-order chi connectivity index (χ1) is 9.45. The fraction of sp³-hybridized carbons (Fsp3) is 0.429. The van der Waals surface area contributed by atoms with E-state index >= 15 is 0 Å². The van der Waals surface area contributed by atoms with Gasteiger partial charge in [0.1, 0.15) is 18.3 Å². The van der Waals surface area contributed by atoms with Crippen LogP contribution in [0.15, 0.2) is 30.9 Å². The van der Waals surface area contributed by atoms with E-state index in [1.54, 1.807) is 17.1 Å². The van der Waals surface area contributed by atoms with Crippen LogP contribution >= 0.6 is 23.2 Å². The molecule has 0 saturated carbocycles. The third-order valence-corrected chi connectivity index (χ3v) is 4.54. The molecule has 4 nitrogen and oxygen atoms in total. The summed E-state index contributed by atoms with van der Waals surface area (Å²) >= 11 is 12.4. The molecule has 1 unspecified atom stereocenters. The first-order valence-corrected chi connectivity index (χ1v) is 7.12. The highest BCUT2D eigenvalue weighted by molar-refractivity contribution is 6.35. The van der Waals surface area contributed by atoms with Gasteiger partial charge in [0.05, 0.1) is 13.2 Å². The lowest BCUT2D eigenvalue weighted by atomic mass is 9.66. The van der Waals surface area contributed by atoms with E-state index in [9.17, 15) is 0 Å². The van der Waals surface area contributed by atoms with Crippen molar-refractivity contribution in [2.24, 2.45) is 5.41 Å². The molecule has 1 aliphatic rings. The topological polar surface area (TPSA) is 39.9 Å². The van der Waals surface area contributed by atoms with Crippen molar-refractivity contribution in [1.29, 1.82) is 0 Å². The maximum absolute atomic E-state index is 6.38. The normalized spacial score (nSPS) is 24.4. The smallest absolute Gasteiger partial charge is 0.137 e. The van der Waals surface area contributed by atoms with Crippen LogP contribution in [0.25, 0.3) is 0 Å². The van der Waals surface area contributed by atoms with E-state index in [1.807, 2.05) is 12.1 Å². The Bertz CT molecular complexity index is 627. The minimum atomic E-state index is -0.512. The summed E-state index contributed by atoms with van der Waals surface area (Å²) in [6.07, 6.45) is 3.20. The summed E-state index contributed by atoms with van der Waals surface area (Å²) in [4.78, 5) is 3.98. The Labute approximate surface area is 127 Å². The summed E-state index contributed by atoms with van der Waals surface area (Å²) in [6, 6.07) is 5.52. The predicted octanol–water partition coefficient (Wildman–Crippen LogP) is 3.54. The van der Waals surface area contributed by atoms with Gasteiger partial charge in [-0.05, 0) is 12.1 Å². The zero-order chi connectivity index (χ0) is 14.4. The Morgan fingerprint density at radius 3 is 2.65 bits per heavy atom. The van der Waals surface area contributed by atoms with Crippen molar-refractivity contribution in [2.75, 3.05) is 6.61 Å². The molecule has 1 aromatic carbocycles. The zero-order valence-corrected chi connectivity index (χ0v) is 12.8. The van der Waals surface area contributed by atoms with Gasteiger partial charge in [-0.25, -0.2) is 9.67 Å². The van der Waals surface area contributed by atoms with Gasteiger partial charge in [-0.2, -0.15) is 5.10 Å². The molecule has 0 aliphatic carbocycles. The average molecular weight is 312 g/mol. The highest BCUT2D eigenvalue weighted by atomic mass is 35.5. The second-order valence-electron chi connectivity index (χ2n) is 5.72. The van der Waals surface area contributed by atoms with E-state index in [2.05, 4.69) is 23.9 Å². The molecule has 0 amide bonds. The predicted molar refractivity (Wildman–Crippen MR) is 77.9 cm³/mol. The summed E-state index contributed by atoms with van der Waals surface area (Å²) in [6.45, 7) is 5.58. The number of aromatic nitrogens is 3. The summed E-state index contributed by atoms with van der Waals surface area (Å²) in [5.41, 5.74) is 0.383. The minimum absolute atomic E-state index is 0.0452. The fourth-order valence-electron chi connectivity index (χ4n) is 2.68. The monoisotopic (exact) mass is 311 g/mol. The van der Waals surface area contributed by atoms with Crippen LogP contribution in [-0.2, 0) is 16.9 Å². The number of rotatable bonds is 3. The molecule has 0 N–H and O–H groups in total. The maximum atomic E-state index is 6.38. The lowest BCUT2D eigenvalue weighted by Gasteiger charge is -2.56. The Kier molecular flexibility index (Phi) is 3.27. The van der Waals surface area contributed by atoms with E-state index < -0.39 is 5.60 Å². The van der Waals surface area contributed by atoms with Crippen molar-refractivity contribution in [2.45, 2.75) is 26.0 Å². The Morgan fingerprint density at radius 2 is 2.15 bits per heavy atom. The molecular weight excluding hydrogens is 297 g/mol. The lowest BCUT2D eigenvalue weighted by Crippen LogP contribution is -2.59. The van der Waals surface area contributed by atoms with Crippen LogP contribution in [0.5, 0.6) is 0 Å². The number of nitrogens with zero attached hydrogens (tertiary/aromatic N) is 3. The molecule has 6 heteroatoms. The van der Waals surface area contributed by atoms with Crippen LogP contribution in [-0.4, -0.2) is 21.4 Å². The van der Waals surface area contributed by atoms with Crippen molar-refractivity contribution < 1.29 is 4.74 Å². The fourth-order valence-corrected chi connectivity index (χ4v) is 3.24. The van der Waals surface area contributed by atoms with Gasteiger partial charge in [0.15, 0.2) is 0 Å². The Hall–Kier alpha value is -1.10. The number of hydrogen-bond donors (Lipinski definition) is 0. The van der Waals surface area contributed by atoms with E-state index in [0.717, 1.165) is 5.56 Å². The van der Waals surface area contributed by atoms with Crippen LogP contribution < -0.4 is 0 Å². The molecule has 1 aliphatic heterocycles. The quantitative estimate of drug-likeness (QED) is 0.870. The highest BCUT2D eigenvalue weighted by Gasteiger charge is 2.57. The summed E-state index contributed by atoms with van der Waals surface area (Å²) in [5, 5.41) is 5.41. The standard InChI is InChI=1S/C14H15Cl2N3O/c1-13(2)7-20-14(13,6-19-9-17-8-18-19)11-4-3-10(15)5-12(11)16/h3-5,8-9H,6-7H2,1-2H3. The van der Waals surface area contributed by atoms with Crippen LogP contribution in [0.2, 0.25) is 10.0 Å². The van der Waals surface area contributed by atoms with Gasteiger partial charge in [0.25, 0.3) is 0 Å². The van der Waals surface area contributed by atoms with Crippen molar-refractivity contribution >= 4 is 23.2 Å². The third kappa shape index (κ3) is 2.03. The van der Waals surface area contributed by atoms with Crippen LogP contribution in [0.3, 0.4) is 0 Å². The Balaban J connectivity index is 2.07. The molecule has 1 saturated heterocycles. The molecule has 0 spiro atoms. The van der Waals surface area contributed by atoms with Gasteiger partial charge in [0, 0.05) is 21.0 Å². The molecule has 2 heterocycles. The lowest BCUT2D eigenvalue weighted by molar-refractivity contribution is -0.269. The van der Waals surface area contributed by atoms with Crippen molar-refractivity contribution in [3.63, 3.8) is 0 Å². The van der Waals surface area contributed by atoms with Crippen LogP contribution in [0, 0.1) is 5.41 Å². The molecule has 1 fully saturated rings. The number of halogens is 2. The van der Waals surface area contributed by atoms with Crippen molar-refractivity contribution in [3.8, 4) is 0 Å². The number of benzene rings is 1. The van der Waals surface area contributed by atoms with Gasteiger partial charge in [-0.1, -0.05) is 43.1 Å². The van der Waals surface area contributed by atoms with Gasteiger partial charge in [-0.3, -0.25) is 0 Å². The van der Waals surface area contributed by atoms with E-state index in [-0.39, 0.29) is 5.41 Å². The van der Waals surface area contributed by atoms with Gasteiger partial charge < -0.3 is 4.74 Å². The molecule has 2 aromatic rings. The minimum Gasteiger partial charge on any atom is -0.367 e. The molecule has 3 rings (SSSR count). The van der Waals surface area contributed by atoms with Crippen molar-refractivity contribution in [1.82, 2.24) is 14.8 Å². The largest absolute Gasteiger partial charge is 0.367 e. The van der Waals surface area contributed by atoms with Gasteiger partial charge >= 0.3 is 0 Å². The molecular formula is C14H15Cl2N3O. The maximum Gasteiger partial charge on any atom is 0.137 e. The third-order valence-electron chi connectivity index (χ3n) is 3.99. The van der Waals surface area contributed by atoms with Crippen LogP contribution in [0.4, 0.5) is 0 Å². The van der Waals surface area contributed by atoms with E-state index in [0.29, 0.717) is 23.2 Å². The molecule has 0 radical (unpaired) electrons. The number of hydrogen-bond acceptors (Lipinski definition) is 3. The zero-order valence-electron chi connectivity index (χ0n) is 11.3. The first-order valence-electron chi connectivity index (χ1n) is 6.36. The van der Waals surface area contributed by atoms with E-state index in [4.69, 9.17) is 27.9 Å². The highest BCUT2D eigenvalue weighted by Crippen LogP contribution is 2.54. The summed E-state index contributed by atoms with van der Waals surface area (Å²) < 4.78 is 7.77. The molecule has 1 atom stereocenters. The summed E-state index contributed by atoms with van der Waals surface area (Å²) in [7, 11) is 0. The summed E-state index contributed by atoms with van der Waals surface area (Å²) in [5.74, 6) is 0. The number of ether oxygens (including phenoxy) is 1. The van der Waals surface area contributed by atoms with Gasteiger partial charge in [-0.15, -0.1) is 0 Å². The molecule has 106 valence electrons. The second-order valence-corrected chi connectivity index (χ2v) is 6.56. The Morgan fingerprint density at radius 1 is 1.35 bits per heavy atom. The van der Waals surface area contributed by atoms with Gasteiger partial charge in [0.2, 0.25) is 0 Å².